The smallest absolute Gasteiger partial charge is 0.355 e. The number of aromatic nitrogens is 3. The zero-order valence-corrected chi connectivity index (χ0v) is 51.7. The molecule has 0 bridgehead atoms. The molecule has 3 aliphatic rings. The molecule has 5 heterocycles. The standard InChI is InChI=1S/C64H67F2N9O10S3/c1-37-54(86-36-68-37)40-20-21-41(33-67-57(79)47-32-42(76)34-75(47)58(80)55(63(2,3)4)71-60(83)64(66)24-25-64)49(31-40)85-29-11-18-52(77)73(5)26-9-12-38-19-22-48(45(65)30-38)84-28-10-17-51-53(59(81)82)70-62(88-51)74-27-23-39-13-8-14-43(44(39)35-74)56(78)72-61-69-46-15-6-7-16-50(46)87-61/h6-8,13-16,19-22,30-31,36,42,47,55,76H,10-11,17-18,23-29,32-35H2,1-5H3,(H,67,79)(H,71,83)(H,81,82)(H,69,72,78)/t42-,47+,55-/m1/s1. The number of carbonyl (C=O) groups excluding carboxylic acids is 5. The van der Waals surface area contributed by atoms with Crippen LogP contribution in [0.1, 0.15) is 113 Å². The Morgan fingerprint density at radius 3 is 2.48 bits per heavy atom. The molecule has 0 unspecified atom stereocenters. The highest BCUT2D eigenvalue weighted by Crippen LogP contribution is 2.41. The summed E-state index contributed by atoms with van der Waals surface area (Å²) in [6.07, 6.45) is 0.921. The topological polar surface area (TPSA) is 246 Å². The average Bonchev–Trinajstić information content (AvgIpc) is 2.80. The maximum absolute atomic E-state index is 15.3. The van der Waals surface area contributed by atoms with E-state index in [-0.39, 0.29) is 81.8 Å². The molecule has 3 aromatic heterocycles. The number of amides is 5. The van der Waals surface area contributed by atoms with Gasteiger partial charge in [0.1, 0.15) is 17.8 Å². The maximum atomic E-state index is 15.3. The van der Waals surface area contributed by atoms with Crippen molar-refractivity contribution in [2.24, 2.45) is 5.41 Å². The van der Waals surface area contributed by atoms with E-state index in [9.17, 15) is 43.4 Å². The Morgan fingerprint density at radius 1 is 0.955 bits per heavy atom. The van der Waals surface area contributed by atoms with E-state index in [1.54, 1.807) is 45.5 Å². The minimum absolute atomic E-state index is 0.00157. The molecule has 7 aromatic rings. The van der Waals surface area contributed by atoms with Gasteiger partial charge in [0.05, 0.1) is 52.2 Å². The number of rotatable bonds is 22. The number of benzene rings is 4. The first-order valence-corrected chi connectivity index (χ1v) is 31.5. The van der Waals surface area contributed by atoms with Gasteiger partial charge in [-0.15, -0.1) is 22.7 Å². The van der Waals surface area contributed by atoms with E-state index < -0.39 is 58.8 Å². The Bertz CT molecular complexity index is 3830. The van der Waals surface area contributed by atoms with Gasteiger partial charge >= 0.3 is 5.97 Å². The third kappa shape index (κ3) is 14.8. The first-order chi connectivity index (χ1) is 42.1. The lowest BCUT2D eigenvalue weighted by molar-refractivity contribution is -0.145. The monoisotopic (exact) mass is 1260 g/mol. The Hall–Kier alpha value is -8.37. The van der Waals surface area contributed by atoms with Gasteiger partial charge in [0.2, 0.25) is 17.7 Å². The molecule has 3 atom stereocenters. The predicted octanol–water partition coefficient (Wildman–Crippen LogP) is 9.13. The van der Waals surface area contributed by atoms with Gasteiger partial charge in [-0.2, -0.15) is 0 Å². The molecule has 1 saturated carbocycles. The summed E-state index contributed by atoms with van der Waals surface area (Å²) in [5.41, 5.74) is 4.69. The van der Waals surface area contributed by atoms with Crippen molar-refractivity contribution in [2.45, 2.75) is 116 Å². The van der Waals surface area contributed by atoms with Crippen LogP contribution in [0.5, 0.6) is 11.5 Å². The number of aryl methyl sites for hydroxylation is 2. The van der Waals surface area contributed by atoms with Gasteiger partial charge in [0.25, 0.3) is 11.8 Å². The highest BCUT2D eigenvalue weighted by Gasteiger charge is 2.53. The van der Waals surface area contributed by atoms with Crippen LogP contribution < -0.4 is 30.3 Å². The van der Waals surface area contributed by atoms with Crippen molar-refractivity contribution in [3.05, 3.63) is 134 Å². The third-order valence-corrected chi connectivity index (χ3v) is 18.7. The van der Waals surface area contributed by atoms with Crippen LogP contribution in [0, 0.1) is 30.0 Å². The van der Waals surface area contributed by atoms with Crippen LogP contribution in [-0.2, 0) is 45.1 Å². The number of carbonyl (C=O) groups is 6. The molecule has 88 heavy (non-hydrogen) atoms. The van der Waals surface area contributed by atoms with Crippen molar-refractivity contribution >= 4 is 90.0 Å². The number of carboxylic acids is 1. The summed E-state index contributed by atoms with van der Waals surface area (Å²) in [5.74, 6) is 2.06. The molecule has 24 heteroatoms. The number of carboxylic acid groups (broad SMARTS) is 1. The maximum Gasteiger partial charge on any atom is 0.355 e. The first-order valence-electron chi connectivity index (χ1n) is 29.0. The number of aliphatic hydroxyl groups excluding tert-OH is 1. The second-order valence-electron chi connectivity index (χ2n) is 23.2. The second kappa shape index (κ2) is 26.9. The van der Waals surface area contributed by atoms with E-state index in [1.807, 2.05) is 66.4 Å². The van der Waals surface area contributed by atoms with Crippen molar-refractivity contribution in [3.63, 3.8) is 0 Å². The van der Waals surface area contributed by atoms with Crippen molar-refractivity contribution < 1.29 is 57.2 Å². The Kier molecular flexibility index (Phi) is 19.2. The van der Waals surface area contributed by atoms with E-state index in [0.29, 0.717) is 76.4 Å². The van der Waals surface area contributed by atoms with E-state index in [0.717, 1.165) is 37.5 Å². The lowest BCUT2D eigenvalue weighted by atomic mass is 9.85. The molecule has 5 amide bonds. The molecule has 0 spiro atoms. The number of nitrogens with zero attached hydrogens (tertiary/aromatic N) is 6. The molecule has 0 radical (unpaired) electrons. The number of aromatic carboxylic acids is 1. The average molecular weight is 1260 g/mol. The van der Waals surface area contributed by atoms with Crippen LogP contribution in [0.3, 0.4) is 0 Å². The summed E-state index contributed by atoms with van der Waals surface area (Å²) in [6, 6.07) is 21.0. The van der Waals surface area contributed by atoms with Crippen molar-refractivity contribution in [1.29, 1.82) is 0 Å². The van der Waals surface area contributed by atoms with E-state index in [2.05, 4.69) is 42.7 Å². The Morgan fingerprint density at radius 2 is 1.74 bits per heavy atom. The molecule has 2 fully saturated rings. The van der Waals surface area contributed by atoms with Crippen LogP contribution >= 0.6 is 34.0 Å². The number of halogens is 2. The Balaban J connectivity index is 0.683. The van der Waals surface area contributed by atoms with Gasteiger partial charge in [-0.3, -0.25) is 29.3 Å². The quantitative estimate of drug-likeness (QED) is 0.0314. The number of aliphatic hydroxyl groups is 1. The second-order valence-corrected chi connectivity index (χ2v) is 26.1. The number of anilines is 2. The van der Waals surface area contributed by atoms with Crippen molar-refractivity contribution in [2.75, 3.05) is 50.1 Å². The minimum atomic E-state index is -2.01. The van der Waals surface area contributed by atoms with Crippen LogP contribution in [-0.4, -0.2) is 134 Å². The fraction of sp³-hybridized carbons (Fsp3) is 0.391. The highest BCUT2D eigenvalue weighted by molar-refractivity contribution is 7.22. The third-order valence-electron chi connectivity index (χ3n) is 15.6. The van der Waals surface area contributed by atoms with Crippen molar-refractivity contribution in [3.8, 4) is 33.8 Å². The van der Waals surface area contributed by atoms with Crippen LogP contribution in [0.4, 0.5) is 19.0 Å². The normalized spacial score (nSPS) is 16.2. The van der Waals surface area contributed by atoms with Crippen molar-refractivity contribution in [1.82, 2.24) is 35.4 Å². The van der Waals surface area contributed by atoms with Gasteiger partial charge in [0.15, 0.2) is 33.2 Å². The molecule has 1 saturated heterocycles. The lowest BCUT2D eigenvalue weighted by Crippen LogP contribution is -2.59. The first kappa shape index (κ1) is 62.7. The number of thiazole rings is 3. The van der Waals surface area contributed by atoms with E-state index >= 15 is 4.39 Å². The highest BCUT2D eigenvalue weighted by atomic mass is 32.1. The molecular weight excluding hydrogens is 1190 g/mol. The number of fused-ring (bicyclic) bond motifs is 2. The molecular formula is C64H67F2N9O10S3. The minimum Gasteiger partial charge on any atom is -0.493 e. The lowest BCUT2D eigenvalue weighted by Gasteiger charge is -2.35. The largest absolute Gasteiger partial charge is 0.493 e. The molecule has 10 rings (SSSR count). The summed E-state index contributed by atoms with van der Waals surface area (Å²) < 4.78 is 43.1. The van der Waals surface area contributed by atoms with Gasteiger partial charge in [0, 0.05) is 67.6 Å². The zero-order valence-electron chi connectivity index (χ0n) is 49.2. The number of likely N-dealkylation sites (tertiary alicyclic amines) is 1. The van der Waals surface area contributed by atoms with E-state index in [1.165, 1.54) is 55.9 Å². The number of alkyl halides is 1. The summed E-state index contributed by atoms with van der Waals surface area (Å²) in [4.78, 5) is 99.4. The number of β-amino-alcohol motifs (C(OH)–C–C–N with tert-alkyl or cyclic N) is 1. The van der Waals surface area contributed by atoms with Gasteiger partial charge in [-0.05, 0) is 110 Å². The van der Waals surface area contributed by atoms with Gasteiger partial charge in [-0.25, -0.2) is 28.5 Å². The van der Waals surface area contributed by atoms with Crippen LogP contribution in [0.15, 0.2) is 84.4 Å². The Labute approximate surface area is 519 Å². The zero-order chi connectivity index (χ0) is 62.4. The fourth-order valence-electron chi connectivity index (χ4n) is 10.5. The number of hydrogen-bond acceptors (Lipinski definition) is 16. The molecule has 5 N–H and O–H groups in total. The molecule has 1 aliphatic carbocycles. The molecule has 2 aliphatic heterocycles. The molecule has 460 valence electrons. The van der Waals surface area contributed by atoms with Crippen LogP contribution in [0.2, 0.25) is 0 Å². The van der Waals surface area contributed by atoms with Crippen LogP contribution in [0.25, 0.3) is 20.7 Å². The number of ether oxygens (including phenoxy) is 2. The SMILES string of the molecule is Cc1ncsc1-c1ccc(CNC(=O)[C@@H]2C[C@@H](O)CN2C(=O)[C@@H](NC(=O)C2(F)CC2)C(C)(C)C)c(OCCCC(=O)N(C)CC#Cc2ccc(OCCCc3sc(N4CCc5cccc(C(=O)Nc6nc7ccccc7s6)c5C4)nc3C(=O)O)c(F)c2)c1. The number of hydrogen-bond donors (Lipinski definition) is 5. The summed E-state index contributed by atoms with van der Waals surface area (Å²) in [7, 11) is 1.62. The van der Waals surface area contributed by atoms with Gasteiger partial charge in [-0.1, -0.05) is 80.3 Å². The molecule has 19 nitrogen and oxygen atoms in total. The summed E-state index contributed by atoms with van der Waals surface area (Å²) in [6.45, 7) is 8.21. The predicted molar refractivity (Wildman–Crippen MR) is 332 cm³/mol. The molecule has 4 aromatic carbocycles. The fourth-order valence-corrected chi connectivity index (χ4v) is 13.3. The van der Waals surface area contributed by atoms with E-state index in [4.69, 9.17) is 9.47 Å². The summed E-state index contributed by atoms with van der Waals surface area (Å²) in [5, 5.41) is 30.3. The van der Waals surface area contributed by atoms with Gasteiger partial charge < -0.3 is 45.0 Å². The summed E-state index contributed by atoms with van der Waals surface area (Å²) >= 11 is 4.14. The number of nitrogens with one attached hydrogen (secondary N) is 3. The number of para-hydroxylation sites is 1.